The molecule has 9 aromatic rings. The van der Waals surface area contributed by atoms with Gasteiger partial charge in [-0.3, -0.25) is 0 Å². The normalized spacial score (nSPS) is 13.5. The van der Waals surface area contributed by atoms with Crippen LogP contribution in [0.25, 0.3) is 87.2 Å². The molecule has 0 spiro atoms. The Balaban J connectivity index is 1.27. The summed E-state index contributed by atoms with van der Waals surface area (Å²) in [7, 11) is 0. The number of fused-ring (bicyclic) bond motifs is 7. The number of benzene rings is 9. The molecule has 47 heavy (non-hydrogen) atoms. The van der Waals surface area contributed by atoms with Crippen molar-refractivity contribution in [2.24, 2.45) is 0 Å². The highest BCUT2D eigenvalue weighted by Gasteiger charge is 2.33. The summed E-state index contributed by atoms with van der Waals surface area (Å²) in [4.78, 5) is 0. The Hall–Kier alpha value is -5.72. The van der Waals surface area contributed by atoms with Gasteiger partial charge in [0.25, 0.3) is 0 Å². The fourth-order valence-corrected chi connectivity index (χ4v) is 8.50. The van der Waals surface area contributed by atoms with E-state index >= 15 is 0 Å². The maximum atomic E-state index is 2.44. The fraction of sp³-hybridized carbons (Fsp3) is 0.0638. The molecule has 0 saturated carbocycles. The molecule has 220 valence electrons. The van der Waals surface area contributed by atoms with Gasteiger partial charge in [-0.2, -0.15) is 0 Å². The van der Waals surface area contributed by atoms with Crippen LogP contribution in [0.4, 0.5) is 0 Å². The quantitative estimate of drug-likeness (QED) is 0.138. The molecule has 0 amide bonds. The first-order valence-electron chi connectivity index (χ1n) is 16.6. The molecule has 0 heteroatoms. The average molecular weight is 597 g/mol. The van der Waals surface area contributed by atoms with Crippen molar-refractivity contribution in [2.45, 2.75) is 19.3 Å². The molecule has 0 unspecified atom stereocenters. The first kappa shape index (κ1) is 26.5. The minimum Gasteiger partial charge on any atom is -0.0616 e. The van der Waals surface area contributed by atoms with E-state index in [1.54, 1.807) is 0 Å². The summed E-state index contributed by atoms with van der Waals surface area (Å²) in [5.41, 5.74) is 10.5. The minimum absolute atomic E-state index is 0.0751. The number of hydrogen-bond acceptors (Lipinski definition) is 0. The maximum Gasteiger partial charge on any atom is 0.0159 e. The van der Waals surface area contributed by atoms with Gasteiger partial charge in [0, 0.05) is 5.41 Å². The largest absolute Gasteiger partial charge is 0.0616 e. The lowest BCUT2D eigenvalue weighted by molar-refractivity contribution is 0.645. The van der Waals surface area contributed by atoms with Gasteiger partial charge in [-0.15, -0.1) is 0 Å². The Morgan fingerprint density at radius 2 is 0.979 bits per heavy atom. The highest BCUT2D eigenvalue weighted by Crippen LogP contribution is 2.50. The zero-order chi connectivity index (χ0) is 31.3. The molecule has 0 atom stereocenters. The summed E-state index contributed by atoms with van der Waals surface area (Å²) in [6.07, 6.45) is 0. The van der Waals surface area contributed by atoms with Gasteiger partial charge in [0.1, 0.15) is 0 Å². The second-order valence-corrected chi connectivity index (χ2v) is 13.7. The molecule has 1 aliphatic carbocycles. The van der Waals surface area contributed by atoms with E-state index in [0.717, 1.165) is 0 Å². The van der Waals surface area contributed by atoms with Gasteiger partial charge < -0.3 is 0 Å². The number of rotatable bonds is 2. The Bertz CT molecular complexity index is 2750. The maximum absolute atomic E-state index is 2.44. The smallest absolute Gasteiger partial charge is 0.0159 e. The summed E-state index contributed by atoms with van der Waals surface area (Å²) in [5, 5.41) is 13.0. The molecule has 0 saturated heterocycles. The summed E-state index contributed by atoms with van der Waals surface area (Å²) < 4.78 is 0. The molecule has 10 rings (SSSR count). The number of hydrogen-bond donors (Lipinski definition) is 0. The van der Waals surface area contributed by atoms with Gasteiger partial charge >= 0.3 is 0 Å². The van der Waals surface area contributed by atoms with Crippen molar-refractivity contribution in [3.63, 3.8) is 0 Å². The molecule has 1 aliphatic rings. The first-order chi connectivity index (χ1) is 23.1. The van der Waals surface area contributed by atoms with Crippen molar-refractivity contribution < 1.29 is 0 Å². The van der Waals surface area contributed by atoms with Crippen LogP contribution >= 0.6 is 0 Å². The van der Waals surface area contributed by atoms with Crippen LogP contribution in [0.3, 0.4) is 0 Å². The van der Waals surface area contributed by atoms with Crippen LogP contribution in [0.1, 0.15) is 25.0 Å². The summed E-state index contributed by atoms with van der Waals surface area (Å²) in [6.45, 7) is 4.75. The van der Waals surface area contributed by atoms with Crippen LogP contribution in [0.15, 0.2) is 158 Å². The van der Waals surface area contributed by atoms with Crippen LogP contribution in [0, 0.1) is 0 Å². The van der Waals surface area contributed by atoms with Crippen LogP contribution in [0.5, 0.6) is 0 Å². The zero-order valence-corrected chi connectivity index (χ0v) is 26.5. The second-order valence-electron chi connectivity index (χ2n) is 13.7. The molecule has 0 heterocycles. The van der Waals surface area contributed by atoms with Crippen molar-refractivity contribution >= 4 is 53.9 Å². The topological polar surface area (TPSA) is 0 Å². The van der Waals surface area contributed by atoms with Crippen LogP contribution in [0.2, 0.25) is 0 Å². The van der Waals surface area contributed by atoms with E-state index in [0.29, 0.717) is 0 Å². The Morgan fingerprint density at radius 1 is 0.340 bits per heavy atom. The van der Waals surface area contributed by atoms with Gasteiger partial charge in [-0.25, -0.2) is 0 Å². The van der Waals surface area contributed by atoms with E-state index < -0.39 is 0 Å². The van der Waals surface area contributed by atoms with Crippen molar-refractivity contribution in [1.82, 2.24) is 0 Å². The third-order valence-electron chi connectivity index (χ3n) is 10.8. The Morgan fingerprint density at radius 3 is 1.83 bits per heavy atom. The van der Waals surface area contributed by atoms with Gasteiger partial charge in [0.2, 0.25) is 0 Å². The molecular formula is C47H32. The van der Waals surface area contributed by atoms with Gasteiger partial charge in [0.15, 0.2) is 0 Å². The monoisotopic (exact) mass is 596 g/mol. The van der Waals surface area contributed by atoms with E-state index in [-0.39, 0.29) is 5.41 Å². The van der Waals surface area contributed by atoms with E-state index in [1.165, 1.54) is 98.4 Å². The van der Waals surface area contributed by atoms with Crippen LogP contribution < -0.4 is 0 Å². The molecular weight excluding hydrogens is 565 g/mol. The Labute approximate surface area is 274 Å². The summed E-state index contributed by atoms with van der Waals surface area (Å²) in [5.74, 6) is 0. The molecule has 0 nitrogen and oxygen atoms in total. The molecule has 0 N–H and O–H groups in total. The molecule has 0 fully saturated rings. The summed E-state index contributed by atoms with van der Waals surface area (Å²) >= 11 is 0. The van der Waals surface area contributed by atoms with E-state index in [9.17, 15) is 0 Å². The fourth-order valence-electron chi connectivity index (χ4n) is 8.50. The molecule has 0 aliphatic heterocycles. The molecule has 0 bridgehead atoms. The third kappa shape index (κ3) is 3.76. The molecule has 9 aromatic carbocycles. The van der Waals surface area contributed by atoms with Crippen LogP contribution in [-0.2, 0) is 5.41 Å². The van der Waals surface area contributed by atoms with Gasteiger partial charge in [0.05, 0.1) is 0 Å². The standard InChI is InChI=1S/C47H32/c1-47(2)43-25-23-33(27-42(43)38-18-8-13-31-14-9-19-44(47)45(31)38)32-20-21-34-28-41-36-16-6-4-11-30(36)22-24-39(41)46(40(34)26-32)37-17-7-12-29-10-3-5-15-35(29)37/h3-28H,1-2H3. The van der Waals surface area contributed by atoms with Crippen LogP contribution in [-0.4, -0.2) is 0 Å². The minimum atomic E-state index is -0.0751. The Kier molecular flexibility index (Phi) is 5.44. The second kappa shape index (κ2) is 9.64. The third-order valence-corrected chi connectivity index (χ3v) is 10.8. The highest BCUT2D eigenvalue weighted by atomic mass is 14.4. The predicted octanol–water partition coefficient (Wildman–Crippen LogP) is 13.1. The van der Waals surface area contributed by atoms with E-state index in [2.05, 4.69) is 172 Å². The predicted molar refractivity (Wildman–Crippen MR) is 202 cm³/mol. The molecule has 0 radical (unpaired) electrons. The molecule has 0 aromatic heterocycles. The van der Waals surface area contributed by atoms with Crippen molar-refractivity contribution in [2.75, 3.05) is 0 Å². The van der Waals surface area contributed by atoms with Crippen molar-refractivity contribution in [1.29, 1.82) is 0 Å². The zero-order valence-electron chi connectivity index (χ0n) is 26.5. The average Bonchev–Trinajstić information content (AvgIpc) is 3.12. The van der Waals surface area contributed by atoms with Crippen molar-refractivity contribution in [3.8, 4) is 33.4 Å². The van der Waals surface area contributed by atoms with E-state index in [4.69, 9.17) is 0 Å². The van der Waals surface area contributed by atoms with Gasteiger partial charge in [-0.1, -0.05) is 153 Å². The van der Waals surface area contributed by atoms with Crippen molar-refractivity contribution in [3.05, 3.63) is 169 Å². The highest BCUT2D eigenvalue weighted by molar-refractivity contribution is 6.22. The first-order valence-corrected chi connectivity index (χ1v) is 16.6. The van der Waals surface area contributed by atoms with Gasteiger partial charge in [-0.05, 0) is 117 Å². The lowest BCUT2D eigenvalue weighted by Crippen LogP contribution is -2.23. The van der Waals surface area contributed by atoms with E-state index in [1.807, 2.05) is 0 Å². The SMILES string of the molecule is CC1(C)c2ccc(-c3ccc4cc5c(ccc6ccccc65)c(-c5cccc6ccccc56)c4c3)cc2-c2cccc3cccc1c23. The lowest BCUT2D eigenvalue weighted by atomic mass is 9.68. The summed E-state index contributed by atoms with van der Waals surface area (Å²) in [6, 6.07) is 59.1. The lowest BCUT2D eigenvalue weighted by Gasteiger charge is -2.35.